The monoisotopic (exact) mass is 479 g/mol. The van der Waals surface area contributed by atoms with Gasteiger partial charge in [-0.05, 0) is 30.3 Å². The zero-order valence-corrected chi connectivity index (χ0v) is 20.1. The van der Waals surface area contributed by atoms with E-state index >= 15 is 0 Å². The lowest BCUT2D eigenvalue weighted by molar-refractivity contribution is 0.0663. The predicted molar refractivity (Wildman–Crippen MR) is 132 cm³/mol. The average Bonchev–Trinajstić information content (AvgIpc) is 2.77. The second-order valence-corrected chi connectivity index (χ2v) is 8.34. The van der Waals surface area contributed by atoms with Crippen molar-refractivity contribution in [2.45, 2.75) is 6.10 Å². The highest BCUT2D eigenvalue weighted by Crippen LogP contribution is 2.21. The molecule has 1 saturated heterocycles. The molecule has 1 N–H and O–H groups in total. The molecular weight excluding hydrogens is 449 g/mol. The van der Waals surface area contributed by atoms with Crippen LogP contribution in [0.3, 0.4) is 0 Å². The zero-order valence-electron chi connectivity index (χ0n) is 18.5. The summed E-state index contributed by atoms with van der Waals surface area (Å²) in [6, 6.07) is 14.9. The lowest BCUT2D eigenvalue weighted by Gasteiger charge is -2.36. The first-order valence-corrected chi connectivity index (χ1v) is 10.8. The third kappa shape index (κ3) is 8.02. The van der Waals surface area contributed by atoms with Crippen LogP contribution >= 0.6 is 24.0 Å². The molecule has 0 amide bonds. The highest BCUT2D eigenvalue weighted by Gasteiger charge is 2.20. The van der Waals surface area contributed by atoms with Crippen molar-refractivity contribution < 1.29 is 14.6 Å². The number of β-amino-alcohol motifs (C(OH)–C–C–N with tert-alkyl or cyclic N) is 1. The summed E-state index contributed by atoms with van der Waals surface area (Å²) in [7, 11) is 3.73. The van der Waals surface area contributed by atoms with Crippen LogP contribution in [-0.4, -0.2) is 80.2 Å². The van der Waals surface area contributed by atoms with Crippen LogP contribution in [0.2, 0.25) is 5.02 Å². The van der Waals surface area contributed by atoms with Crippen LogP contribution in [-0.2, 0) is 0 Å². The van der Waals surface area contributed by atoms with Gasteiger partial charge in [0.15, 0.2) is 5.78 Å². The molecule has 0 aromatic heterocycles. The summed E-state index contributed by atoms with van der Waals surface area (Å²) in [6.45, 7) is 4.24. The van der Waals surface area contributed by atoms with Crippen LogP contribution in [0.15, 0.2) is 60.8 Å². The number of hydrogen-bond acceptors (Lipinski definition) is 6. The Morgan fingerprint density at radius 2 is 1.88 bits per heavy atom. The highest BCUT2D eigenvalue weighted by atomic mass is 35.5. The molecule has 1 unspecified atom stereocenters. The molecular formula is C24H31Cl2N3O3. The Kier molecular flexibility index (Phi) is 10.3. The second kappa shape index (κ2) is 12.7. The fraction of sp³-hybridized carbons (Fsp3) is 0.375. The summed E-state index contributed by atoms with van der Waals surface area (Å²) in [4.78, 5) is 18.6. The van der Waals surface area contributed by atoms with Gasteiger partial charge in [0.2, 0.25) is 0 Å². The molecule has 2 aromatic carbocycles. The number of ketones is 1. The molecule has 0 radical (unpaired) electrons. The van der Waals surface area contributed by atoms with Gasteiger partial charge >= 0.3 is 0 Å². The van der Waals surface area contributed by atoms with Crippen LogP contribution in [0.4, 0.5) is 5.69 Å². The smallest absolute Gasteiger partial charge is 0.187 e. The zero-order chi connectivity index (χ0) is 22.2. The van der Waals surface area contributed by atoms with Crippen molar-refractivity contribution in [1.29, 1.82) is 0 Å². The number of nitrogens with zero attached hydrogens (tertiary/aromatic N) is 3. The molecule has 0 saturated carbocycles. The molecule has 1 aliphatic heterocycles. The van der Waals surface area contributed by atoms with E-state index < -0.39 is 6.10 Å². The minimum Gasteiger partial charge on any atom is -0.491 e. The summed E-state index contributed by atoms with van der Waals surface area (Å²) in [5, 5.41) is 11.2. The van der Waals surface area contributed by atoms with Crippen LogP contribution in [0.25, 0.3) is 0 Å². The maximum Gasteiger partial charge on any atom is 0.187 e. The normalized spacial score (nSPS) is 15.3. The summed E-state index contributed by atoms with van der Waals surface area (Å²) in [5.41, 5.74) is 1.69. The summed E-state index contributed by atoms with van der Waals surface area (Å²) < 4.78 is 5.74. The Morgan fingerprint density at radius 1 is 1.16 bits per heavy atom. The standard InChI is InChI=1S/C24H30ClN3O3.ClH/c1-26(2)10-9-24(30)19-5-3-8-23(15-19)31-18-22(29)17-27-11-13-28(14-12-27)21-7-4-6-20(25)16-21;/h3-10,15-16,22,29H,11-14,17-18H2,1-2H3;1H. The SMILES string of the molecule is CN(C)C=CC(=O)c1cccc(OCC(O)CN2CCN(c3cccc(Cl)c3)CC2)c1.Cl. The molecule has 6 nitrogen and oxygen atoms in total. The number of piperazine rings is 1. The number of aliphatic hydroxyl groups excluding tert-OH is 1. The van der Waals surface area contributed by atoms with Gasteiger partial charge in [-0.25, -0.2) is 0 Å². The van der Waals surface area contributed by atoms with E-state index in [4.69, 9.17) is 16.3 Å². The largest absolute Gasteiger partial charge is 0.491 e. The number of hydrogen-bond donors (Lipinski definition) is 1. The molecule has 1 heterocycles. The minimum absolute atomic E-state index is 0. The summed E-state index contributed by atoms with van der Waals surface area (Å²) in [5.74, 6) is 0.492. The van der Waals surface area contributed by atoms with Crippen molar-refractivity contribution >= 4 is 35.5 Å². The van der Waals surface area contributed by atoms with Crippen molar-refractivity contribution in [3.8, 4) is 5.75 Å². The van der Waals surface area contributed by atoms with Crippen molar-refractivity contribution in [3.05, 3.63) is 71.4 Å². The Morgan fingerprint density at radius 3 is 2.56 bits per heavy atom. The summed E-state index contributed by atoms with van der Waals surface area (Å²) >= 11 is 6.09. The van der Waals surface area contributed by atoms with Gasteiger partial charge in [-0.1, -0.05) is 29.8 Å². The third-order valence-corrected chi connectivity index (χ3v) is 5.33. The van der Waals surface area contributed by atoms with Gasteiger partial charge < -0.3 is 19.6 Å². The maximum atomic E-state index is 12.2. The quantitative estimate of drug-likeness (QED) is 0.438. The number of aliphatic hydroxyl groups is 1. The fourth-order valence-electron chi connectivity index (χ4n) is 3.46. The van der Waals surface area contributed by atoms with Crippen LogP contribution < -0.4 is 9.64 Å². The lowest BCUT2D eigenvalue weighted by atomic mass is 10.1. The average molecular weight is 480 g/mol. The maximum absolute atomic E-state index is 12.2. The Bertz CT molecular complexity index is 900. The number of allylic oxidation sites excluding steroid dienone is 1. The third-order valence-electron chi connectivity index (χ3n) is 5.10. The van der Waals surface area contributed by atoms with E-state index in [0.717, 1.165) is 36.9 Å². The van der Waals surface area contributed by atoms with Crippen LogP contribution in [0, 0.1) is 0 Å². The van der Waals surface area contributed by atoms with Gasteiger partial charge in [-0.3, -0.25) is 9.69 Å². The summed E-state index contributed by atoms with van der Waals surface area (Å²) in [6.07, 6.45) is 2.63. The van der Waals surface area contributed by atoms with E-state index in [9.17, 15) is 9.90 Å². The van der Waals surface area contributed by atoms with E-state index in [2.05, 4.69) is 15.9 Å². The molecule has 0 spiro atoms. The van der Waals surface area contributed by atoms with E-state index in [1.807, 2.05) is 37.2 Å². The van der Waals surface area contributed by atoms with Crippen molar-refractivity contribution in [2.24, 2.45) is 0 Å². The topological polar surface area (TPSA) is 56.3 Å². The first-order chi connectivity index (χ1) is 14.9. The second-order valence-electron chi connectivity index (χ2n) is 7.90. The molecule has 1 fully saturated rings. The lowest BCUT2D eigenvalue weighted by Crippen LogP contribution is -2.49. The Labute approximate surface area is 201 Å². The van der Waals surface area contributed by atoms with Gasteiger partial charge in [-0.15, -0.1) is 12.4 Å². The van der Waals surface area contributed by atoms with Crippen molar-refractivity contribution in [2.75, 3.05) is 58.3 Å². The molecule has 0 bridgehead atoms. The molecule has 1 atom stereocenters. The first-order valence-electron chi connectivity index (χ1n) is 10.4. The van der Waals surface area contributed by atoms with Crippen LogP contribution in [0.5, 0.6) is 5.75 Å². The molecule has 174 valence electrons. The molecule has 32 heavy (non-hydrogen) atoms. The minimum atomic E-state index is -0.606. The molecule has 8 heteroatoms. The molecule has 2 aromatic rings. The van der Waals surface area contributed by atoms with E-state index in [1.54, 1.807) is 30.5 Å². The van der Waals surface area contributed by atoms with Gasteiger partial charge in [0.05, 0.1) is 0 Å². The van der Waals surface area contributed by atoms with E-state index in [1.165, 1.54) is 6.08 Å². The number of carbonyl (C=O) groups excluding carboxylic acids is 1. The number of anilines is 1. The number of halogens is 2. The number of carbonyl (C=O) groups is 1. The molecule has 0 aliphatic carbocycles. The molecule has 1 aliphatic rings. The van der Waals surface area contributed by atoms with Crippen LogP contribution in [0.1, 0.15) is 10.4 Å². The Balaban J connectivity index is 0.00000363. The number of ether oxygens (including phenoxy) is 1. The fourth-order valence-corrected chi connectivity index (χ4v) is 3.64. The van der Waals surface area contributed by atoms with Gasteiger partial charge in [0.1, 0.15) is 18.5 Å². The Hall–Kier alpha value is -2.25. The van der Waals surface area contributed by atoms with Gasteiger partial charge in [0.25, 0.3) is 0 Å². The number of benzene rings is 2. The van der Waals surface area contributed by atoms with Crippen molar-refractivity contribution in [1.82, 2.24) is 9.80 Å². The first kappa shape index (κ1) is 26.0. The van der Waals surface area contributed by atoms with E-state index in [-0.39, 0.29) is 24.8 Å². The van der Waals surface area contributed by atoms with Crippen molar-refractivity contribution in [3.63, 3.8) is 0 Å². The highest BCUT2D eigenvalue weighted by molar-refractivity contribution is 6.30. The molecule has 3 rings (SSSR count). The number of rotatable bonds is 9. The van der Waals surface area contributed by atoms with E-state index in [0.29, 0.717) is 17.9 Å². The predicted octanol–water partition coefficient (Wildman–Crippen LogP) is 3.58. The van der Waals surface area contributed by atoms with Gasteiger partial charge in [0, 0.05) is 75.4 Å². The van der Waals surface area contributed by atoms with Gasteiger partial charge in [-0.2, -0.15) is 0 Å².